The highest BCUT2D eigenvalue weighted by Gasteiger charge is 2.63. The minimum absolute atomic E-state index is 0.405. The molecule has 2 saturated carbocycles. The van der Waals surface area contributed by atoms with Gasteiger partial charge in [0.1, 0.15) is 0 Å². The minimum atomic E-state index is -0.413. The molecule has 74 valence electrons. The molecule has 2 nitrogen and oxygen atoms in total. The molecule has 0 bridgehead atoms. The first kappa shape index (κ1) is 9.32. The van der Waals surface area contributed by atoms with Crippen LogP contribution in [0.3, 0.4) is 0 Å². The third-order valence-electron chi connectivity index (χ3n) is 4.03. The van der Waals surface area contributed by atoms with Crippen molar-refractivity contribution in [1.82, 2.24) is 0 Å². The number of hydrogen-bond acceptors (Lipinski definition) is 2. The van der Waals surface area contributed by atoms with Crippen molar-refractivity contribution in [3.63, 3.8) is 0 Å². The van der Waals surface area contributed by atoms with Crippen molar-refractivity contribution in [2.45, 2.75) is 38.5 Å². The van der Waals surface area contributed by atoms with Gasteiger partial charge < -0.3 is 5.21 Å². The van der Waals surface area contributed by atoms with Crippen LogP contribution in [0.4, 0.5) is 0 Å². The van der Waals surface area contributed by atoms with Crippen LogP contribution in [-0.4, -0.2) is 15.8 Å². The van der Waals surface area contributed by atoms with E-state index >= 15 is 0 Å². The molecule has 3 unspecified atom stereocenters. The minimum Gasteiger partial charge on any atom is -0.411 e. The van der Waals surface area contributed by atoms with E-state index < -0.39 is 4.87 Å². The molecule has 3 atom stereocenters. The molecule has 2 aliphatic rings. The van der Waals surface area contributed by atoms with E-state index in [2.05, 4.69) is 19.0 Å². The van der Waals surface area contributed by atoms with Crippen molar-refractivity contribution in [2.24, 2.45) is 22.4 Å². The number of halogens is 1. The maximum absolute atomic E-state index is 8.84. The Morgan fingerprint density at radius 2 is 2.00 bits per heavy atom. The Morgan fingerprint density at radius 1 is 1.38 bits per heavy atom. The molecule has 0 heterocycles. The first-order valence-electron chi connectivity index (χ1n) is 4.80. The van der Waals surface area contributed by atoms with E-state index in [0.717, 1.165) is 24.5 Å². The number of alkyl halides is 1. The predicted octanol–water partition coefficient (Wildman–Crippen LogP) is 2.88. The van der Waals surface area contributed by atoms with E-state index in [4.69, 9.17) is 16.8 Å². The molecule has 0 amide bonds. The van der Waals surface area contributed by atoms with Crippen LogP contribution in [0.25, 0.3) is 0 Å². The zero-order valence-corrected chi connectivity index (χ0v) is 9.10. The summed E-state index contributed by atoms with van der Waals surface area (Å²) in [6.45, 7) is 6.50. The molecule has 0 aliphatic heterocycles. The molecule has 3 heteroatoms. The van der Waals surface area contributed by atoms with Crippen molar-refractivity contribution in [3.8, 4) is 0 Å². The lowest BCUT2D eigenvalue weighted by molar-refractivity contribution is 0.311. The lowest BCUT2D eigenvalue weighted by Crippen LogP contribution is -2.33. The van der Waals surface area contributed by atoms with E-state index in [9.17, 15) is 0 Å². The van der Waals surface area contributed by atoms with Gasteiger partial charge in [-0.15, -0.1) is 11.6 Å². The van der Waals surface area contributed by atoms with Gasteiger partial charge in [-0.3, -0.25) is 0 Å². The van der Waals surface area contributed by atoms with Gasteiger partial charge >= 0.3 is 0 Å². The summed E-state index contributed by atoms with van der Waals surface area (Å²) < 4.78 is 0. The highest BCUT2D eigenvalue weighted by Crippen LogP contribution is 2.66. The normalized spacial score (nSPS) is 50.3. The molecule has 0 radical (unpaired) electrons. The standard InChI is InChI=1S/C10H16ClNO/c1-9(2)6-4-8(12-13)10(3,11)5-7(6)9/h6-7,13H,4-5H2,1-3H3/b12-8+. The van der Waals surface area contributed by atoms with Crippen LogP contribution in [0, 0.1) is 17.3 Å². The molecule has 0 aromatic rings. The van der Waals surface area contributed by atoms with Gasteiger partial charge in [-0.05, 0) is 37.0 Å². The lowest BCUT2D eigenvalue weighted by Gasteiger charge is -2.26. The third-order valence-corrected chi connectivity index (χ3v) is 4.40. The zero-order chi connectivity index (χ0) is 9.85. The predicted molar refractivity (Wildman–Crippen MR) is 53.5 cm³/mol. The van der Waals surface area contributed by atoms with Gasteiger partial charge in [-0.25, -0.2) is 0 Å². The van der Waals surface area contributed by atoms with Crippen molar-refractivity contribution in [3.05, 3.63) is 0 Å². The Bertz CT molecular complexity index is 270. The molecule has 0 aromatic carbocycles. The number of fused-ring (bicyclic) bond motifs is 1. The summed E-state index contributed by atoms with van der Waals surface area (Å²) in [5, 5.41) is 12.2. The Labute approximate surface area is 84.0 Å². The summed E-state index contributed by atoms with van der Waals surface area (Å²) in [6.07, 6.45) is 1.82. The average Bonchev–Trinajstić information content (AvgIpc) is 2.50. The second kappa shape index (κ2) is 2.41. The van der Waals surface area contributed by atoms with Crippen LogP contribution in [-0.2, 0) is 0 Å². The average molecular weight is 202 g/mol. The fourth-order valence-corrected chi connectivity index (χ4v) is 3.05. The Balaban J connectivity index is 2.22. The maximum atomic E-state index is 8.84. The Hall–Kier alpha value is -0.240. The van der Waals surface area contributed by atoms with E-state index in [-0.39, 0.29) is 0 Å². The smallest absolute Gasteiger partial charge is 0.0834 e. The lowest BCUT2D eigenvalue weighted by atomic mass is 9.88. The summed E-state index contributed by atoms with van der Waals surface area (Å²) >= 11 is 6.30. The number of oxime groups is 1. The van der Waals surface area contributed by atoms with E-state index in [1.807, 2.05) is 6.92 Å². The van der Waals surface area contributed by atoms with Crippen molar-refractivity contribution >= 4 is 17.3 Å². The number of nitrogens with zero attached hydrogens (tertiary/aromatic N) is 1. The number of hydrogen-bond donors (Lipinski definition) is 1. The molecule has 2 rings (SSSR count). The first-order chi connectivity index (χ1) is 5.89. The molecule has 2 aliphatic carbocycles. The maximum Gasteiger partial charge on any atom is 0.0834 e. The van der Waals surface area contributed by atoms with Crippen molar-refractivity contribution in [2.75, 3.05) is 0 Å². The van der Waals surface area contributed by atoms with Crippen molar-refractivity contribution < 1.29 is 5.21 Å². The topological polar surface area (TPSA) is 32.6 Å². The third kappa shape index (κ3) is 1.18. The van der Waals surface area contributed by atoms with Crippen LogP contribution in [0.2, 0.25) is 0 Å². The molecule has 1 N–H and O–H groups in total. The second-order valence-electron chi connectivity index (χ2n) is 5.19. The van der Waals surface area contributed by atoms with Crippen LogP contribution in [0.5, 0.6) is 0 Å². The highest BCUT2D eigenvalue weighted by atomic mass is 35.5. The van der Waals surface area contributed by atoms with Crippen molar-refractivity contribution in [1.29, 1.82) is 0 Å². The van der Waals surface area contributed by atoms with Gasteiger partial charge in [0.2, 0.25) is 0 Å². The number of rotatable bonds is 0. The molecule has 2 fully saturated rings. The van der Waals surface area contributed by atoms with Gasteiger partial charge in [0, 0.05) is 0 Å². The summed E-state index contributed by atoms with van der Waals surface area (Å²) in [6, 6.07) is 0. The second-order valence-corrected chi connectivity index (χ2v) is 6.02. The molecular weight excluding hydrogens is 186 g/mol. The van der Waals surface area contributed by atoms with E-state index in [1.54, 1.807) is 0 Å². The largest absolute Gasteiger partial charge is 0.411 e. The Kier molecular flexibility index (Phi) is 1.73. The molecule has 0 saturated heterocycles. The van der Waals surface area contributed by atoms with Gasteiger partial charge in [0.05, 0.1) is 10.6 Å². The summed E-state index contributed by atoms with van der Waals surface area (Å²) in [4.78, 5) is -0.413. The summed E-state index contributed by atoms with van der Waals surface area (Å²) in [5.41, 5.74) is 1.17. The van der Waals surface area contributed by atoms with Gasteiger partial charge in [0.15, 0.2) is 0 Å². The van der Waals surface area contributed by atoms with E-state index in [0.29, 0.717) is 11.3 Å². The SMILES string of the molecule is CC1(Cl)CC2C(C/C1=N\O)C2(C)C. The molecular formula is C10H16ClNO. The van der Waals surface area contributed by atoms with Crippen LogP contribution in [0.15, 0.2) is 5.16 Å². The molecule has 13 heavy (non-hydrogen) atoms. The van der Waals surface area contributed by atoms with Gasteiger partial charge in [0.25, 0.3) is 0 Å². The van der Waals surface area contributed by atoms with Gasteiger partial charge in [-0.1, -0.05) is 19.0 Å². The van der Waals surface area contributed by atoms with Crippen LogP contribution < -0.4 is 0 Å². The monoisotopic (exact) mass is 201 g/mol. The fraction of sp³-hybridized carbons (Fsp3) is 0.900. The summed E-state index contributed by atoms with van der Waals surface area (Å²) in [5.74, 6) is 1.41. The zero-order valence-electron chi connectivity index (χ0n) is 8.34. The van der Waals surface area contributed by atoms with E-state index in [1.165, 1.54) is 0 Å². The fourth-order valence-electron chi connectivity index (χ4n) is 2.77. The van der Waals surface area contributed by atoms with Gasteiger partial charge in [-0.2, -0.15) is 0 Å². The molecule has 0 spiro atoms. The quantitative estimate of drug-likeness (QED) is 0.365. The highest BCUT2D eigenvalue weighted by molar-refractivity contribution is 6.36. The van der Waals surface area contributed by atoms with Crippen LogP contribution >= 0.6 is 11.6 Å². The molecule has 0 aromatic heterocycles. The Morgan fingerprint density at radius 3 is 2.54 bits per heavy atom. The first-order valence-corrected chi connectivity index (χ1v) is 5.17. The van der Waals surface area contributed by atoms with Crippen LogP contribution in [0.1, 0.15) is 33.6 Å². The summed E-state index contributed by atoms with van der Waals surface area (Å²) in [7, 11) is 0.